The molecule has 0 spiro atoms. The lowest BCUT2D eigenvalue weighted by molar-refractivity contribution is -0.132. The largest absolute Gasteiger partial charge is 0.319 e. The quantitative estimate of drug-likeness (QED) is 0.905. The van der Waals surface area contributed by atoms with Crippen LogP contribution in [0.5, 0.6) is 0 Å². The van der Waals surface area contributed by atoms with Crippen molar-refractivity contribution < 1.29 is 9.00 Å². The molecule has 114 valence electrons. The van der Waals surface area contributed by atoms with Crippen LogP contribution in [0, 0.1) is 6.92 Å². The Kier molecular flexibility index (Phi) is 4.13. The number of hydrogen-bond donors (Lipinski definition) is 1. The van der Waals surface area contributed by atoms with E-state index in [0.29, 0.717) is 11.5 Å². The van der Waals surface area contributed by atoms with Crippen molar-refractivity contribution in [3.63, 3.8) is 0 Å². The number of rotatable bonds is 2. The highest BCUT2D eigenvalue weighted by Crippen LogP contribution is 2.31. The van der Waals surface area contributed by atoms with E-state index in [4.69, 9.17) is 0 Å². The highest BCUT2D eigenvalue weighted by Gasteiger charge is 2.41. The van der Waals surface area contributed by atoms with Gasteiger partial charge < -0.3 is 4.90 Å². The first kappa shape index (κ1) is 14.7. The van der Waals surface area contributed by atoms with Crippen LogP contribution in [0.4, 0.5) is 0 Å². The number of amides is 1. The monoisotopic (exact) mass is 306 g/mol. The average Bonchev–Trinajstić information content (AvgIpc) is 2.77. The fourth-order valence-corrected chi connectivity index (χ4v) is 4.47. The number of carbonyl (C=O) groups excluding carboxylic acids is 1. The Morgan fingerprint density at radius 1 is 1.19 bits per heavy atom. The smallest absolute Gasteiger partial charge is 0.241 e. The zero-order valence-corrected chi connectivity index (χ0v) is 13.4. The molecule has 21 heavy (non-hydrogen) atoms. The summed E-state index contributed by atoms with van der Waals surface area (Å²) in [5.74, 6) is 1.59. The first-order chi connectivity index (χ1) is 10.1. The van der Waals surface area contributed by atoms with Gasteiger partial charge in [0.25, 0.3) is 0 Å². The van der Waals surface area contributed by atoms with Gasteiger partial charge in [-0.05, 0) is 32.3 Å². The molecule has 3 rings (SSSR count). The highest BCUT2D eigenvalue weighted by molar-refractivity contribution is 7.85. The molecule has 4 nitrogen and oxygen atoms in total. The van der Waals surface area contributed by atoms with Crippen molar-refractivity contribution in [1.82, 2.24) is 10.2 Å². The van der Waals surface area contributed by atoms with E-state index in [1.165, 1.54) is 5.56 Å². The van der Waals surface area contributed by atoms with E-state index in [0.717, 1.165) is 18.4 Å². The summed E-state index contributed by atoms with van der Waals surface area (Å²) >= 11 is 0. The van der Waals surface area contributed by atoms with Gasteiger partial charge in [0.15, 0.2) is 0 Å². The van der Waals surface area contributed by atoms with Crippen molar-refractivity contribution in [2.75, 3.05) is 11.5 Å². The van der Waals surface area contributed by atoms with E-state index in [-0.39, 0.29) is 24.2 Å². The van der Waals surface area contributed by atoms with Crippen molar-refractivity contribution in [2.24, 2.45) is 0 Å². The fourth-order valence-electron chi connectivity index (χ4n) is 3.20. The standard InChI is InChI=1S/C16H22N2O2S/c1-11-3-5-13(6-4-11)15-17-12(2)16(19)18(15)14-7-9-21(20)10-8-14/h3-6,12,14-15,17H,7-10H2,1-2H3. The topological polar surface area (TPSA) is 49.4 Å². The molecule has 2 saturated heterocycles. The second-order valence-electron chi connectivity index (χ2n) is 6.03. The summed E-state index contributed by atoms with van der Waals surface area (Å²) in [4.78, 5) is 14.5. The molecule has 0 aromatic heterocycles. The lowest BCUT2D eigenvalue weighted by Crippen LogP contribution is -2.43. The van der Waals surface area contributed by atoms with Crippen LogP contribution in [-0.4, -0.2) is 38.6 Å². The predicted octanol–water partition coefficient (Wildman–Crippen LogP) is 1.73. The maximum atomic E-state index is 12.5. The van der Waals surface area contributed by atoms with Gasteiger partial charge in [-0.15, -0.1) is 0 Å². The molecule has 2 aliphatic heterocycles. The molecule has 1 amide bonds. The molecule has 1 N–H and O–H groups in total. The zero-order chi connectivity index (χ0) is 15.0. The number of aryl methyl sites for hydroxylation is 1. The molecular weight excluding hydrogens is 284 g/mol. The Hall–Kier alpha value is -1.20. The maximum Gasteiger partial charge on any atom is 0.241 e. The maximum absolute atomic E-state index is 12.5. The second-order valence-corrected chi connectivity index (χ2v) is 7.72. The molecule has 5 heteroatoms. The molecular formula is C16H22N2O2S. The van der Waals surface area contributed by atoms with Crippen molar-refractivity contribution in [2.45, 2.75) is 44.9 Å². The van der Waals surface area contributed by atoms with Gasteiger partial charge >= 0.3 is 0 Å². The van der Waals surface area contributed by atoms with Gasteiger partial charge in [-0.2, -0.15) is 0 Å². The van der Waals surface area contributed by atoms with E-state index >= 15 is 0 Å². The van der Waals surface area contributed by atoms with Crippen LogP contribution in [0.2, 0.25) is 0 Å². The lowest BCUT2D eigenvalue weighted by Gasteiger charge is -2.35. The Labute approximate surface area is 128 Å². The second kappa shape index (κ2) is 5.89. The third-order valence-electron chi connectivity index (χ3n) is 4.45. The first-order valence-corrected chi connectivity index (χ1v) is 9.05. The van der Waals surface area contributed by atoms with Crippen LogP contribution in [0.25, 0.3) is 0 Å². The van der Waals surface area contributed by atoms with E-state index in [1.807, 2.05) is 11.8 Å². The van der Waals surface area contributed by atoms with Crippen molar-refractivity contribution in [3.05, 3.63) is 35.4 Å². The number of benzene rings is 1. The molecule has 2 atom stereocenters. The molecule has 2 unspecified atom stereocenters. The van der Waals surface area contributed by atoms with Gasteiger partial charge in [0.2, 0.25) is 5.91 Å². The fraction of sp³-hybridized carbons (Fsp3) is 0.562. The lowest BCUT2D eigenvalue weighted by atomic mass is 10.1. The van der Waals surface area contributed by atoms with E-state index in [1.54, 1.807) is 0 Å². The Bertz CT molecular complexity index is 548. The third-order valence-corrected chi connectivity index (χ3v) is 5.84. The molecule has 0 radical (unpaired) electrons. The molecule has 1 aromatic carbocycles. The van der Waals surface area contributed by atoms with Gasteiger partial charge in [0.1, 0.15) is 6.17 Å². The normalized spacial score (nSPS) is 33.4. The molecule has 0 aliphatic carbocycles. The van der Waals surface area contributed by atoms with Crippen molar-refractivity contribution in [1.29, 1.82) is 0 Å². The molecule has 2 heterocycles. The van der Waals surface area contributed by atoms with E-state index in [9.17, 15) is 9.00 Å². The number of hydrogen-bond acceptors (Lipinski definition) is 3. The van der Waals surface area contributed by atoms with Crippen molar-refractivity contribution in [3.8, 4) is 0 Å². The number of nitrogens with zero attached hydrogens (tertiary/aromatic N) is 1. The molecule has 0 bridgehead atoms. The molecule has 1 aromatic rings. The Morgan fingerprint density at radius 3 is 2.43 bits per heavy atom. The van der Waals surface area contributed by atoms with Crippen LogP contribution in [-0.2, 0) is 15.6 Å². The minimum atomic E-state index is -0.698. The minimum Gasteiger partial charge on any atom is -0.319 e. The van der Waals surface area contributed by atoms with Crippen LogP contribution < -0.4 is 5.32 Å². The summed E-state index contributed by atoms with van der Waals surface area (Å²) in [6.07, 6.45) is 1.63. The summed E-state index contributed by atoms with van der Waals surface area (Å²) in [7, 11) is -0.698. The van der Waals surface area contributed by atoms with Gasteiger partial charge in [0.05, 0.1) is 6.04 Å². The molecule has 2 aliphatic rings. The number of carbonyl (C=O) groups is 1. The van der Waals surface area contributed by atoms with Crippen LogP contribution in [0.3, 0.4) is 0 Å². The Balaban J connectivity index is 1.85. The van der Waals surface area contributed by atoms with Crippen LogP contribution in [0.15, 0.2) is 24.3 Å². The summed E-state index contributed by atoms with van der Waals surface area (Å²) in [6, 6.07) is 8.40. The van der Waals surface area contributed by atoms with Gasteiger partial charge in [0, 0.05) is 28.3 Å². The van der Waals surface area contributed by atoms with E-state index in [2.05, 4.69) is 36.5 Å². The van der Waals surface area contributed by atoms with Crippen LogP contribution in [0.1, 0.15) is 37.1 Å². The van der Waals surface area contributed by atoms with Crippen LogP contribution >= 0.6 is 0 Å². The summed E-state index contributed by atoms with van der Waals surface area (Å²) < 4.78 is 11.6. The Morgan fingerprint density at radius 2 is 1.81 bits per heavy atom. The third kappa shape index (κ3) is 2.90. The summed E-state index contributed by atoms with van der Waals surface area (Å²) in [5.41, 5.74) is 2.35. The minimum absolute atomic E-state index is 0.0513. The van der Waals surface area contributed by atoms with Crippen molar-refractivity contribution >= 4 is 16.7 Å². The average molecular weight is 306 g/mol. The van der Waals surface area contributed by atoms with Gasteiger partial charge in [-0.3, -0.25) is 14.3 Å². The molecule has 0 saturated carbocycles. The first-order valence-electron chi connectivity index (χ1n) is 7.56. The number of nitrogens with one attached hydrogen (secondary N) is 1. The zero-order valence-electron chi connectivity index (χ0n) is 12.5. The highest BCUT2D eigenvalue weighted by atomic mass is 32.2. The molecule has 2 fully saturated rings. The SMILES string of the molecule is Cc1ccc(C2NC(C)C(=O)N2C2CCS(=O)CC2)cc1. The van der Waals surface area contributed by atoms with Gasteiger partial charge in [-0.25, -0.2) is 0 Å². The predicted molar refractivity (Wildman–Crippen MR) is 84.3 cm³/mol. The summed E-state index contributed by atoms with van der Waals surface area (Å²) in [5, 5.41) is 3.40. The van der Waals surface area contributed by atoms with Gasteiger partial charge in [-0.1, -0.05) is 29.8 Å². The van der Waals surface area contributed by atoms with E-state index < -0.39 is 10.8 Å². The summed E-state index contributed by atoms with van der Waals surface area (Å²) in [6.45, 7) is 3.98.